The van der Waals surface area contributed by atoms with Crippen molar-refractivity contribution in [3.05, 3.63) is 51.0 Å². The summed E-state index contributed by atoms with van der Waals surface area (Å²) in [6.45, 7) is 4.31. The molecular formula is C15H16ClN5OS. The Labute approximate surface area is 143 Å². The van der Waals surface area contributed by atoms with Crippen molar-refractivity contribution in [1.29, 1.82) is 0 Å². The molecule has 0 aliphatic carbocycles. The fourth-order valence-electron chi connectivity index (χ4n) is 2.38. The zero-order valence-electron chi connectivity index (χ0n) is 12.8. The number of pyridine rings is 1. The van der Waals surface area contributed by atoms with Gasteiger partial charge in [-0.15, -0.1) is 0 Å². The van der Waals surface area contributed by atoms with Gasteiger partial charge in [-0.1, -0.05) is 37.4 Å². The SMILES string of the molecule is CCCc1nc(Cl)c2c(n1)n(Cc1ccc(C)nc1)c(=O)n2S. The van der Waals surface area contributed by atoms with Crippen molar-refractivity contribution in [2.75, 3.05) is 0 Å². The molecular weight excluding hydrogens is 334 g/mol. The lowest BCUT2D eigenvalue weighted by Crippen LogP contribution is -2.21. The third kappa shape index (κ3) is 2.98. The Bertz CT molecular complexity index is 916. The monoisotopic (exact) mass is 349 g/mol. The summed E-state index contributed by atoms with van der Waals surface area (Å²) in [6.07, 6.45) is 3.35. The molecule has 0 amide bonds. The minimum Gasteiger partial charge on any atom is -0.271 e. The van der Waals surface area contributed by atoms with Gasteiger partial charge in [0.15, 0.2) is 10.8 Å². The van der Waals surface area contributed by atoms with E-state index in [1.54, 1.807) is 10.8 Å². The predicted molar refractivity (Wildman–Crippen MR) is 93.3 cm³/mol. The normalized spacial score (nSPS) is 11.3. The number of aryl methyl sites for hydroxylation is 2. The number of fused-ring (bicyclic) bond motifs is 1. The summed E-state index contributed by atoms with van der Waals surface area (Å²) >= 11 is 10.5. The van der Waals surface area contributed by atoms with Crippen LogP contribution in [0, 0.1) is 6.92 Å². The van der Waals surface area contributed by atoms with Crippen LogP contribution in [-0.2, 0) is 13.0 Å². The zero-order chi connectivity index (χ0) is 16.6. The van der Waals surface area contributed by atoms with Gasteiger partial charge in [0, 0.05) is 18.3 Å². The number of thiol groups is 1. The summed E-state index contributed by atoms with van der Waals surface area (Å²) in [4.78, 5) is 25.5. The minimum atomic E-state index is -0.297. The van der Waals surface area contributed by atoms with Crippen LogP contribution in [0.3, 0.4) is 0 Å². The smallest absolute Gasteiger partial charge is 0.271 e. The molecule has 0 aliphatic rings. The first-order chi connectivity index (χ1) is 11.0. The molecule has 3 aromatic heterocycles. The van der Waals surface area contributed by atoms with Crippen molar-refractivity contribution in [1.82, 2.24) is 23.5 Å². The standard InChI is InChI=1S/C15H16ClN5OS/c1-3-4-11-18-13(16)12-14(19-11)20(15(22)21(12)23)8-10-6-5-9(2)17-7-10/h5-7,23H,3-4,8H2,1-2H3. The fraction of sp³-hybridized carbons (Fsp3) is 0.333. The van der Waals surface area contributed by atoms with Crippen LogP contribution in [0.25, 0.3) is 11.2 Å². The summed E-state index contributed by atoms with van der Waals surface area (Å²) in [7, 11) is 0. The predicted octanol–water partition coefficient (Wildman–Crippen LogP) is 2.64. The van der Waals surface area contributed by atoms with Crippen LogP contribution in [0.2, 0.25) is 5.15 Å². The van der Waals surface area contributed by atoms with Gasteiger partial charge in [0.1, 0.15) is 11.3 Å². The largest absolute Gasteiger partial charge is 0.340 e. The molecule has 0 N–H and O–H groups in total. The molecule has 23 heavy (non-hydrogen) atoms. The van der Waals surface area contributed by atoms with Crippen molar-refractivity contribution >= 4 is 35.6 Å². The fourth-order valence-corrected chi connectivity index (χ4v) is 3.00. The van der Waals surface area contributed by atoms with E-state index < -0.39 is 0 Å². The van der Waals surface area contributed by atoms with E-state index in [0.29, 0.717) is 30.0 Å². The summed E-state index contributed by atoms with van der Waals surface area (Å²) in [5.41, 5.74) is 2.46. The van der Waals surface area contributed by atoms with E-state index in [1.807, 2.05) is 26.0 Å². The third-order valence-corrected chi connectivity index (χ3v) is 4.17. The first-order valence-corrected chi connectivity index (χ1v) is 8.07. The quantitative estimate of drug-likeness (QED) is 0.581. The van der Waals surface area contributed by atoms with Gasteiger partial charge in [-0.3, -0.25) is 9.55 Å². The number of hydrogen-bond donors (Lipinski definition) is 1. The molecule has 8 heteroatoms. The Hall–Kier alpha value is -1.86. The summed E-state index contributed by atoms with van der Waals surface area (Å²) in [5, 5.41) is 0.242. The number of hydrogen-bond acceptors (Lipinski definition) is 5. The van der Waals surface area contributed by atoms with Gasteiger partial charge in [0.05, 0.1) is 6.54 Å². The first kappa shape index (κ1) is 16.0. The van der Waals surface area contributed by atoms with Gasteiger partial charge >= 0.3 is 5.69 Å². The van der Waals surface area contributed by atoms with E-state index in [1.165, 1.54) is 3.97 Å². The van der Waals surface area contributed by atoms with Gasteiger partial charge in [-0.05, 0) is 25.0 Å². The highest BCUT2D eigenvalue weighted by Crippen LogP contribution is 2.21. The lowest BCUT2D eigenvalue weighted by molar-refractivity contribution is 0.760. The summed E-state index contributed by atoms with van der Waals surface area (Å²) in [5.74, 6) is 0.625. The molecule has 0 aliphatic heterocycles. The number of imidazole rings is 1. The highest BCUT2D eigenvalue weighted by atomic mass is 35.5. The van der Waals surface area contributed by atoms with E-state index in [-0.39, 0.29) is 10.8 Å². The maximum atomic E-state index is 12.5. The summed E-state index contributed by atoms with van der Waals surface area (Å²) < 4.78 is 2.73. The number of halogens is 1. The highest BCUT2D eigenvalue weighted by molar-refractivity contribution is 7.78. The first-order valence-electron chi connectivity index (χ1n) is 7.29. The Morgan fingerprint density at radius 1 is 1.30 bits per heavy atom. The molecule has 0 fully saturated rings. The molecule has 0 atom stereocenters. The van der Waals surface area contributed by atoms with Crippen LogP contribution < -0.4 is 5.69 Å². The lowest BCUT2D eigenvalue weighted by Gasteiger charge is -2.05. The molecule has 3 rings (SSSR count). The molecule has 0 unspecified atom stereocenters. The Morgan fingerprint density at radius 3 is 2.74 bits per heavy atom. The van der Waals surface area contributed by atoms with Gasteiger partial charge in [0.2, 0.25) is 0 Å². The van der Waals surface area contributed by atoms with Gasteiger partial charge in [-0.2, -0.15) is 0 Å². The molecule has 0 spiro atoms. The molecule has 120 valence electrons. The van der Waals surface area contributed by atoms with Gasteiger partial charge in [0.25, 0.3) is 0 Å². The Kier molecular flexibility index (Phi) is 4.41. The molecule has 6 nitrogen and oxygen atoms in total. The Morgan fingerprint density at radius 2 is 2.09 bits per heavy atom. The minimum absolute atomic E-state index is 0.242. The van der Waals surface area contributed by atoms with E-state index in [2.05, 4.69) is 27.8 Å². The van der Waals surface area contributed by atoms with Crippen molar-refractivity contribution in [2.45, 2.75) is 33.2 Å². The highest BCUT2D eigenvalue weighted by Gasteiger charge is 2.18. The number of aromatic nitrogens is 5. The van der Waals surface area contributed by atoms with Gasteiger partial charge in [-0.25, -0.2) is 18.7 Å². The molecule has 0 saturated carbocycles. The average Bonchev–Trinajstić information content (AvgIpc) is 2.75. The molecule has 0 bridgehead atoms. The van der Waals surface area contributed by atoms with E-state index in [0.717, 1.165) is 17.7 Å². The summed E-state index contributed by atoms with van der Waals surface area (Å²) in [6, 6.07) is 3.84. The Balaban J connectivity index is 2.17. The van der Waals surface area contributed by atoms with Crippen molar-refractivity contribution < 1.29 is 0 Å². The lowest BCUT2D eigenvalue weighted by atomic mass is 10.2. The van der Waals surface area contributed by atoms with E-state index in [9.17, 15) is 4.79 Å². The molecule has 0 saturated heterocycles. The second-order valence-electron chi connectivity index (χ2n) is 5.34. The maximum Gasteiger partial charge on any atom is 0.340 e. The van der Waals surface area contributed by atoms with Crippen molar-refractivity contribution in [3.8, 4) is 0 Å². The van der Waals surface area contributed by atoms with E-state index >= 15 is 0 Å². The van der Waals surface area contributed by atoms with E-state index in [4.69, 9.17) is 11.6 Å². The average molecular weight is 350 g/mol. The second-order valence-corrected chi connectivity index (χ2v) is 6.10. The maximum absolute atomic E-state index is 12.5. The zero-order valence-corrected chi connectivity index (χ0v) is 14.5. The molecule has 3 heterocycles. The van der Waals surface area contributed by atoms with Crippen LogP contribution in [0.4, 0.5) is 0 Å². The third-order valence-electron chi connectivity index (χ3n) is 3.54. The van der Waals surface area contributed by atoms with Crippen molar-refractivity contribution in [3.63, 3.8) is 0 Å². The van der Waals surface area contributed by atoms with Crippen LogP contribution in [0.5, 0.6) is 0 Å². The van der Waals surface area contributed by atoms with Crippen LogP contribution in [0.15, 0.2) is 23.1 Å². The van der Waals surface area contributed by atoms with Crippen LogP contribution in [-0.4, -0.2) is 23.5 Å². The second kappa shape index (κ2) is 6.33. The number of nitrogens with zero attached hydrogens (tertiary/aromatic N) is 5. The van der Waals surface area contributed by atoms with Crippen molar-refractivity contribution in [2.24, 2.45) is 0 Å². The molecule has 3 aromatic rings. The number of rotatable bonds is 4. The van der Waals surface area contributed by atoms with Crippen LogP contribution >= 0.6 is 24.4 Å². The van der Waals surface area contributed by atoms with Crippen LogP contribution in [0.1, 0.15) is 30.4 Å². The van der Waals surface area contributed by atoms with Gasteiger partial charge < -0.3 is 0 Å². The topological polar surface area (TPSA) is 65.6 Å². The molecule has 0 aromatic carbocycles. The molecule has 0 radical (unpaired) electrons.